The number of hydrogen-bond donors (Lipinski definition) is 1. The molecule has 1 unspecified atom stereocenters. The standard InChI is InChI=1S/C18H21N3O5/c1-25-14-5-3-12(9-15(14)26-2)4-6-16(22)20-8-7-13(11-20)21-17(23)10-19-18(21)24/h3-6,9,13H,7-8,10-11H2,1-2H3,(H,19,24)/b6-4+. The molecule has 26 heavy (non-hydrogen) atoms. The van der Waals surface area contributed by atoms with Gasteiger partial charge in [0.25, 0.3) is 0 Å². The van der Waals surface area contributed by atoms with Crippen molar-refractivity contribution in [2.45, 2.75) is 12.5 Å². The first-order chi connectivity index (χ1) is 12.5. The van der Waals surface area contributed by atoms with Gasteiger partial charge in [0.2, 0.25) is 11.8 Å². The fourth-order valence-corrected chi connectivity index (χ4v) is 3.19. The second-order valence-corrected chi connectivity index (χ2v) is 6.10. The van der Waals surface area contributed by atoms with Crippen molar-refractivity contribution in [1.29, 1.82) is 0 Å². The zero-order chi connectivity index (χ0) is 18.7. The predicted molar refractivity (Wildman–Crippen MR) is 93.8 cm³/mol. The van der Waals surface area contributed by atoms with Gasteiger partial charge in [-0.3, -0.25) is 14.5 Å². The third kappa shape index (κ3) is 3.49. The van der Waals surface area contributed by atoms with Gasteiger partial charge in [-0.15, -0.1) is 0 Å². The minimum Gasteiger partial charge on any atom is -0.493 e. The van der Waals surface area contributed by atoms with E-state index in [1.807, 2.05) is 6.07 Å². The number of nitrogens with zero attached hydrogens (tertiary/aromatic N) is 2. The molecule has 2 fully saturated rings. The van der Waals surface area contributed by atoms with Crippen LogP contribution < -0.4 is 14.8 Å². The van der Waals surface area contributed by atoms with Crippen LogP contribution in [0, 0.1) is 0 Å². The molecule has 2 aliphatic heterocycles. The summed E-state index contributed by atoms with van der Waals surface area (Å²) < 4.78 is 10.4. The van der Waals surface area contributed by atoms with Crippen molar-refractivity contribution in [2.75, 3.05) is 33.9 Å². The number of carbonyl (C=O) groups excluding carboxylic acids is 3. The van der Waals surface area contributed by atoms with Gasteiger partial charge in [0.15, 0.2) is 11.5 Å². The van der Waals surface area contributed by atoms with Crippen LogP contribution >= 0.6 is 0 Å². The summed E-state index contributed by atoms with van der Waals surface area (Å²) in [6.45, 7) is 0.896. The highest BCUT2D eigenvalue weighted by molar-refractivity contribution is 6.02. The van der Waals surface area contributed by atoms with Crippen molar-refractivity contribution in [2.24, 2.45) is 0 Å². The second-order valence-electron chi connectivity index (χ2n) is 6.10. The monoisotopic (exact) mass is 359 g/mol. The molecule has 0 spiro atoms. The molecule has 8 nitrogen and oxygen atoms in total. The van der Waals surface area contributed by atoms with E-state index < -0.39 is 0 Å². The van der Waals surface area contributed by atoms with Gasteiger partial charge in [-0.25, -0.2) is 4.79 Å². The van der Waals surface area contributed by atoms with E-state index in [1.54, 1.807) is 37.3 Å². The predicted octanol–water partition coefficient (Wildman–Crippen LogP) is 0.870. The molecular formula is C18H21N3O5. The average Bonchev–Trinajstić information content (AvgIpc) is 3.25. The number of nitrogens with one attached hydrogen (secondary N) is 1. The molecule has 1 N–H and O–H groups in total. The number of likely N-dealkylation sites (tertiary alicyclic amines) is 1. The smallest absolute Gasteiger partial charge is 0.324 e. The number of hydrogen-bond acceptors (Lipinski definition) is 5. The molecule has 0 bridgehead atoms. The van der Waals surface area contributed by atoms with Crippen molar-refractivity contribution in [1.82, 2.24) is 15.1 Å². The first-order valence-electron chi connectivity index (χ1n) is 8.32. The highest BCUT2D eigenvalue weighted by Crippen LogP contribution is 2.28. The maximum Gasteiger partial charge on any atom is 0.324 e. The van der Waals surface area contributed by atoms with Gasteiger partial charge in [-0.2, -0.15) is 0 Å². The molecule has 0 radical (unpaired) electrons. The van der Waals surface area contributed by atoms with E-state index in [1.165, 1.54) is 11.0 Å². The number of ether oxygens (including phenoxy) is 2. The molecule has 2 heterocycles. The van der Waals surface area contributed by atoms with Crippen LogP contribution in [-0.4, -0.2) is 67.5 Å². The second kappa shape index (κ2) is 7.47. The van der Waals surface area contributed by atoms with Crippen LogP contribution in [0.3, 0.4) is 0 Å². The van der Waals surface area contributed by atoms with Crippen molar-refractivity contribution in [3.8, 4) is 11.5 Å². The molecule has 1 atom stereocenters. The summed E-state index contributed by atoms with van der Waals surface area (Å²) in [7, 11) is 3.11. The Morgan fingerprint density at radius 2 is 2.00 bits per heavy atom. The number of rotatable bonds is 5. The number of benzene rings is 1. The number of methoxy groups -OCH3 is 2. The van der Waals surface area contributed by atoms with Gasteiger partial charge in [-0.1, -0.05) is 6.07 Å². The third-order valence-electron chi connectivity index (χ3n) is 4.54. The lowest BCUT2D eigenvalue weighted by atomic mass is 10.2. The molecule has 1 aromatic carbocycles. The Morgan fingerprint density at radius 1 is 1.23 bits per heavy atom. The highest BCUT2D eigenvalue weighted by Gasteiger charge is 2.39. The summed E-state index contributed by atoms with van der Waals surface area (Å²) in [5.41, 5.74) is 0.806. The minimum atomic E-state index is -0.379. The van der Waals surface area contributed by atoms with E-state index in [2.05, 4.69) is 5.32 Å². The van der Waals surface area contributed by atoms with Crippen LogP contribution in [-0.2, 0) is 9.59 Å². The van der Waals surface area contributed by atoms with E-state index in [9.17, 15) is 14.4 Å². The van der Waals surface area contributed by atoms with Crippen LogP contribution in [0.25, 0.3) is 6.08 Å². The summed E-state index contributed by atoms with van der Waals surface area (Å²) in [4.78, 5) is 38.8. The van der Waals surface area contributed by atoms with Gasteiger partial charge in [0, 0.05) is 19.2 Å². The number of urea groups is 1. The summed E-state index contributed by atoms with van der Waals surface area (Å²) >= 11 is 0. The van der Waals surface area contributed by atoms with Crippen molar-refractivity contribution >= 4 is 23.9 Å². The molecule has 4 amide bonds. The van der Waals surface area contributed by atoms with Crippen molar-refractivity contribution < 1.29 is 23.9 Å². The van der Waals surface area contributed by atoms with Crippen LogP contribution in [0.2, 0.25) is 0 Å². The topological polar surface area (TPSA) is 88.2 Å². The normalized spacial score (nSPS) is 20.0. The van der Waals surface area contributed by atoms with Crippen LogP contribution in [0.1, 0.15) is 12.0 Å². The van der Waals surface area contributed by atoms with E-state index in [0.717, 1.165) is 5.56 Å². The maximum absolute atomic E-state index is 12.4. The van der Waals surface area contributed by atoms with E-state index in [0.29, 0.717) is 31.0 Å². The van der Waals surface area contributed by atoms with E-state index in [-0.39, 0.29) is 30.4 Å². The minimum absolute atomic E-state index is 0.0302. The molecular weight excluding hydrogens is 338 g/mol. The lowest BCUT2D eigenvalue weighted by Crippen LogP contribution is -2.42. The highest BCUT2D eigenvalue weighted by atomic mass is 16.5. The van der Waals surface area contributed by atoms with Gasteiger partial charge < -0.3 is 19.7 Å². The zero-order valence-corrected chi connectivity index (χ0v) is 14.7. The summed E-state index contributed by atoms with van der Waals surface area (Å²) in [6.07, 6.45) is 3.77. The first kappa shape index (κ1) is 17.8. The Kier molecular flexibility index (Phi) is 5.11. The summed E-state index contributed by atoms with van der Waals surface area (Å²) in [6, 6.07) is 4.74. The lowest BCUT2D eigenvalue weighted by molar-refractivity contribution is -0.128. The molecule has 2 aliphatic rings. The third-order valence-corrected chi connectivity index (χ3v) is 4.54. The van der Waals surface area contributed by atoms with Crippen LogP contribution in [0.15, 0.2) is 24.3 Å². The Balaban J connectivity index is 1.63. The molecule has 0 saturated carbocycles. The molecule has 138 valence electrons. The summed E-state index contributed by atoms with van der Waals surface area (Å²) in [5, 5.41) is 2.51. The SMILES string of the molecule is COc1ccc(/C=C/C(=O)N2CCC(N3C(=O)CNC3=O)C2)cc1OC. The van der Waals surface area contributed by atoms with E-state index >= 15 is 0 Å². The van der Waals surface area contributed by atoms with Gasteiger partial charge >= 0.3 is 6.03 Å². The van der Waals surface area contributed by atoms with Gasteiger partial charge in [0.1, 0.15) is 0 Å². The van der Waals surface area contributed by atoms with Crippen LogP contribution in [0.5, 0.6) is 11.5 Å². The number of amides is 4. The molecule has 3 rings (SSSR count). The molecule has 2 saturated heterocycles. The van der Waals surface area contributed by atoms with Crippen LogP contribution in [0.4, 0.5) is 4.79 Å². The zero-order valence-electron chi connectivity index (χ0n) is 14.7. The molecule has 8 heteroatoms. The lowest BCUT2D eigenvalue weighted by Gasteiger charge is -2.20. The van der Waals surface area contributed by atoms with Gasteiger partial charge in [-0.05, 0) is 30.2 Å². The average molecular weight is 359 g/mol. The fourth-order valence-electron chi connectivity index (χ4n) is 3.19. The number of carbonyl (C=O) groups is 3. The molecule has 1 aromatic rings. The summed E-state index contributed by atoms with van der Waals surface area (Å²) in [5.74, 6) is 0.804. The van der Waals surface area contributed by atoms with Crippen molar-refractivity contribution in [3.05, 3.63) is 29.8 Å². The Morgan fingerprint density at radius 3 is 2.65 bits per heavy atom. The number of imide groups is 1. The quantitative estimate of drug-likeness (QED) is 0.623. The Hall–Kier alpha value is -3.03. The molecule has 0 aromatic heterocycles. The maximum atomic E-state index is 12.4. The largest absolute Gasteiger partial charge is 0.493 e. The van der Waals surface area contributed by atoms with E-state index in [4.69, 9.17) is 9.47 Å². The van der Waals surface area contributed by atoms with Crippen molar-refractivity contribution in [3.63, 3.8) is 0 Å². The Labute approximate surface area is 151 Å². The Bertz CT molecular complexity index is 745. The first-order valence-corrected chi connectivity index (χ1v) is 8.32. The fraction of sp³-hybridized carbons (Fsp3) is 0.389. The molecule has 0 aliphatic carbocycles. The van der Waals surface area contributed by atoms with Gasteiger partial charge in [0.05, 0.1) is 26.8 Å².